The van der Waals surface area contributed by atoms with Gasteiger partial charge in [-0.3, -0.25) is 0 Å². The van der Waals surface area contributed by atoms with Crippen LogP contribution in [0.3, 0.4) is 0 Å². The van der Waals surface area contributed by atoms with Crippen LogP contribution in [0.25, 0.3) is 0 Å². The van der Waals surface area contributed by atoms with Gasteiger partial charge in [0.15, 0.2) is 0 Å². The highest BCUT2D eigenvalue weighted by Gasteiger charge is 1.93. The van der Waals surface area contributed by atoms with Crippen LogP contribution in [-0.2, 0) is 4.79 Å². The SMILES string of the molecule is C=CC(=O)O.CCN(CC)CCO. The zero-order chi connectivity index (χ0) is 10.7. The lowest BCUT2D eigenvalue weighted by Gasteiger charge is -2.15. The average molecular weight is 189 g/mol. The van der Waals surface area contributed by atoms with Crippen molar-refractivity contribution in [1.82, 2.24) is 4.90 Å². The van der Waals surface area contributed by atoms with E-state index in [9.17, 15) is 4.79 Å². The lowest BCUT2D eigenvalue weighted by atomic mass is 10.5. The van der Waals surface area contributed by atoms with E-state index in [-0.39, 0.29) is 6.61 Å². The molecule has 0 unspecified atom stereocenters. The number of carboxylic acids is 1. The van der Waals surface area contributed by atoms with E-state index < -0.39 is 5.97 Å². The van der Waals surface area contributed by atoms with Crippen LogP contribution in [0.1, 0.15) is 13.8 Å². The van der Waals surface area contributed by atoms with E-state index in [1.807, 2.05) is 0 Å². The Balaban J connectivity index is 0. The summed E-state index contributed by atoms with van der Waals surface area (Å²) in [6.45, 7) is 10.3. The van der Waals surface area contributed by atoms with Crippen LogP contribution in [0.15, 0.2) is 12.7 Å². The van der Waals surface area contributed by atoms with Crippen LogP contribution >= 0.6 is 0 Å². The van der Waals surface area contributed by atoms with Crippen LogP contribution in [0, 0.1) is 0 Å². The molecule has 0 aromatic rings. The summed E-state index contributed by atoms with van der Waals surface area (Å²) in [4.78, 5) is 11.4. The number of carbonyl (C=O) groups is 1. The van der Waals surface area contributed by atoms with Gasteiger partial charge in [0.1, 0.15) is 0 Å². The highest BCUT2D eigenvalue weighted by atomic mass is 16.4. The van der Waals surface area contributed by atoms with E-state index in [0.29, 0.717) is 0 Å². The van der Waals surface area contributed by atoms with Crippen LogP contribution in [-0.4, -0.2) is 47.3 Å². The molecule has 0 fully saturated rings. The number of carboxylic acid groups (broad SMARTS) is 1. The Labute approximate surface area is 79.5 Å². The van der Waals surface area contributed by atoms with Gasteiger partial charge < -0.3 is 15.1 Å². The van der Waals surface area contributed by atoms with Crippen molar-refractivity contribution in [2.45, 2.75) is 13.8 Å². The van der Waals surface area contributed by atoms with Crippen LogP contribution in [0.5, 0.6) is 0 Å². The summed E-state index contributed by atoms with van der Waals surface area (Å²) in [6.07, 6.45) is 0.833. The molecule has 0 atom stereocenters. The number of aliphatic hydroxyl groups is 1. The van der Waals surface area contributed by atoms with E-state index in [1.54, 1.807) is 0 Å². The van der Waals surface area contributed by atoms with Crippen molar-refractivity contribution in [2.24, 2.45) is 0 Å². The maximum absolute atomic E-state index is 9.25. The normalized spacial score (nSPS) is 8.92. The molecule has 0 aromatic heterocycles. The molecular formula is C9H19NO3. The second-order valence-corrected chi connectivity index (χ2v) is 2.29. The number of hydrogen-bond acceptors (Lipinski definition) is 3. The number of rotatable bonds is 5. The number of hydrogen-bond donors (Lipinski definition) is 2. The molecule has 0 aliphatic rings. The Morgan fingerprint density at radius 1 is 1.46 bits per heavy atom. The van der Waals surface area contributed by atoms with E-state index >= 15 is 0 Å². The molecule has 4 heteroatoms. The van der Waals surface area contributed by atoms with Crippen LogP contribution in [0.4, 0.5) is 0 Å². The van der Waals surface area contributed by atoms with Gasteiger partial charge in [-0.25, -0.2) is 4.79 Å². The molecule has 0 radical (unpaired) electrons. The molecule has 13 heavy (non-hydrogen) atoms. The average Bonchev–Trinajstić information content (AvgIpc) is 2.15. The van der Waals surface area contributed by atoms with Gasteiger partial charge in [-0.05, 0) is 13.1 Å². The van der Waals surface area contributed by atoms with Crippen molar-refractivity contribution in [3.05, 3.63) is 12.7 Å². The summed E-state index contributed by atoms with van der Waals surface area (Å²) in [5, 5.41) is 16.1. The summed E-state index contributed by atoms with van der Waals surface area (Å²) in [5.74, 6) is -0.981. The maximum atomic E-state index is 9.25. The molecule has 0 rings (SSSR count). The molecule has 0 aliphatic carbocycles. The molecule has 78 valence electrons. The molecule has 0 aliphatic heterocycles. The molecule has 0 saturated carbocycles. The first-order valence-electron chi connectivity index (χ1n) is 4.30. The van der Waals surface area contributed by atoms with E-state index in [1.165, 1.54) is 0 Å². The third-order valence-electron chi connectivity index (χ3n) is 1.49. The van der Waals surface area contributed by atoms with Gasteiger partial charge in [-0.2, -0.15) is 0 Å². The van der Waals surface area contributed by atoms with Crippen molar-refractivity contribution >= 4 is 5.97 Å². The number of aliphatic hydroxyl groups excluding tert-OH is 1. The van der Waals surface area contributed by atoms with Gasteiger partial charge in [0.2, 0.25) is 0 Å². The molecule has 0 bridgehead atoms. The molecular weight excluding hydrogens is 170 g/mol. The summed E-state index contributed by atoms with van der Waals surface area (Å²) < 4.78 is 0. The Morgan fingerprint density at radius 3 is 1.92 bits per heavy atom. The fourth-order valence-electron chi connectivity index (χ4n) is 0.681. The van der Waals surface area contributed by atoms with Crippen molar-refractivity contribution in [3.63, 3.8) is 0 Å². The molecule has 4 nitrogen and oxygen atoms in total. The first kappa shape index (κ1) is 14.6. The summed E-state index contributed by atoms with van der Waals surface area (Å²) in [5.41, 5.74) is 0. The summed E-state index contributed by atoms with van der Waals surface area (Å²) in [6, 6.07) is 0. The smallest absolute Gasteiger partial charge is 0.327 e. The largest absolute Gasteiger partial charge is 0.478 e. The molecule has 0 spiro atoms. The van der Waals surface area contributed by atoms with E-state index in [0.717, 1.165) is 25.7 Å². The topological polar surface area (TPSA) is 60.8 Å². The molecule has 0 amide bonds. The minimum atomic E-state index is -0.981. The Morgan fingerprint density at radius 2 is 1.85 bits per heavy atom. The third kappa shape index (κ3) is 14.0. The quantitative estimate of drug-likeness (QED) is 0.621. The van der Waals surface area contributed by atoms with Gasteiger partial charge in [0, 0.05) is 12.6 Å². The zero-order valence-electron chi connectivity index (χ0n) is 8.36. The Kier molecular flexibility index (Phi) is 12.5. The molecule has 0 aromatic carbocycles. The van der Waals surface area contributed by atoms with Crippen molar-refractivity contribution in [2.75, 3.05) is 26.2 Å². The first-order chi connectivity index (χ1) is 6.12. The molecule has 0 saturated heterocycles. The summed E-state index contributed by atoms with van der Waals surface area (Å²) in [7, 11) is 0. The predicted molar refractivity (Wildman–Crippen MR) is 52.7 cm³/mol. The minimum Gasteiger partial charge on any atom is -0.478 e. The summed E-state index contributed by atoms with van der Waals surface area (Å²) >= 11 is 0. The number of nitrogens with zero attached hydrogens (tertiary/aromatic N) is 1. The van der Waals surface area contributed by atoms with Gasteiger partial charge in [0.25, 0.3) is 0 Å². The highest BCUT2D eigenvalue weighted by Crippen LogP contribution is 1.82. The van der Waals surface area contributed by atoms with Crippen molar-refractivity contribution < 1.29 is 15.0 Å². The predicted octanol–water partition coefficient (Wildman–Crippen LogP) is 0.577. The second-order valence-electron chi connectivity index (χ2n) is 2.29. The third-order valence-corrected chi connectivity index (χ3v) is 1.49. The van der Waals surface area contributed by atoms with E-state index in [4.69, 9.17) is 10.2 Å². The van der Waals surface area contributed by atoms with Crippen molar-refractivity contribution in [1.29, 1.82) is 0 Å². The first-order valence-corrected chi connectivity index (χ1v) is 4.30. The van der Waals surface area contributed by atoms with Gasteiger partial charge in [0.05, 0.1) is 6.61 Å². The highest BCUT2D eigenvalue weighted by molar-refractivity contribution is 5.78. The fourth-order valence-corrected chi connectivity index (χ4v) is 0.681. The lowest BCUT2D eigenvalue weighted by molar-refractivity contribution is -0.131. The monoisotopic (exact) mass is 189 g/mol. The number of likely N-dealkylation sites (N-methyl/N-ethyl adjacent to an activating group) is 1. The number of aliphatic carboxylic acids is 1. The molecule has 2 N–H and O–H groups in total. The van der Waals surface area contributed by atoms with Crippen LogP contribution < -0.4 is 0 Å². The Hall–Kier alpha value is -0.870. The standard InChI is InChI=1S/C6H15NO.C3H4O2/c1-3-7(4-2)5-6-8;1-2-3(4)5/h8H,3-6H2,1-2H3;2H,1H2,(H,4,5). The van der Waals surface area contributed by atoms with E-state index in [2.05, 4.69) is 25.3 Å². The lowest BCUT2D eigenvalue weighted by Crippen LogP contribution is -2.25. The minimum absolute atomic E-state index is 0.279. The van der Waals surface area contributed by atoms with Crippen molar-refractivity contribution in [3.8, 4) is 0 Å². The fraction of sp³-hybridized carbons (Fsp3) is 0.667. The van der Waals surface area contributed by atoms with Gasteiger partial charge in [-0.15, -0.1) is 0 Å². The van der Waals surface area contributed by atoms with Gasteiger partial charge >= 0.3 is 5.97 Å². The molecule has 0 heterocycles. The Bertz CT molecular complexity index is 133. The maximum Gasteiger partial charge on any atom is 0.327 e. The van der Waals surface area contributed by atoms with Gasteiger partial charge in [-0.1, -0.05) is 20.4 Å². The van der Waals surface area contributed by atoms with Crippen LogP contribution in [0.2, 0.25) is 0 Å². The zero-order valence-corrected chi connectivity index (χ0v) is 8.36. The second kappa shape index (κ2) is 11.1.